The number of hydrogen-bond acceptors (Lipinski definition) is 3. The number of thioether (sulfide) groups is 1. The van der Waals surface area contributed by atoms with Crippen LogP contribution >= 0.6 is 11.8 Å². The first kappa shape index (κ1) is 14.6. The van der Waals surface area contributed by atoms with Gasteiger partial charge in [-0.1, -0.05) is 0 Å². The van der Waals surface area contributed by atoms with Gasteiger partial charge < -0.3 is 10.6 Å². The van der Waals surface area contributed by atoms with Crippen molar-refractivity contribution in [2.75, 3.05) is 10.6 Å². The highest BCUT2D eigenvalue weighted by Gasteiger charge is 2.23. The summed E-state index contributed by atoms with van der Waals surface area (Å²) in [6.07, 6.45) is 0. The van der Waals surface area contributed by atoms with Gasteiger partial charge in [-0.25, -0.2) is 4.39 Å². The molecule has 4 nitrogen and oxygen atoms in total. The zero-order valence-corrected chi connectivity index (χ0v) is 12.5. The van der Waals surface area contributed by atoms with Crippen LogP contribution in [-0.4, -0.2) is 17.1 Å². The molecule has 1 aliphatic heterocycles. The molecule has 112 valence electrons. The molecule has 2 aromatic rings. The molecule has 1 atom stereocenters. The third-order valence-corrected chi connectivity index (χ3v) is 4.45. The smallest absolute Gasteiger partial charge is 0.255 e. The van der Waals surface area contributed by atoms with Gasteiger partial charge in [0, 0.05) is 16.1 Å². The maximum absolute atomic E-state index is 12.8. The van der Waals surface area contributed by atoms with Crippen molar-refractivity contribution >= 4 is 35.0 Å². The summed E-state index contributed by atoms with van der Waals surface area (Å²) < 4.78 is 12.8. The lowest BCUT2D eigenvalue weighted by Gasteiger charge is -2.21. The van der Waals surface area contributed by atoms with Crippen LogP contribution in [0, 0.1) is 5.82 Å². The van der Waals surface area contributed by atoms with E-state index in [1.54, 1.807) is 12.1 Å². The Morgan fingerprint density at radius 3 is 2.68 bits per heavy atom. The average molecular weight is 316 g/mol. The molecular weight excluding hydrogens is 303 g/mol. The first-order valence-electron chi connectivity index (χ1n) is 6.71. The fourth-order valence-corrected chi connectivity index (χ4v) is 3.02. The highest BCUT2D eigenvalue weighted by Crippen LogP contribution is 2.36. The second-order valence-electron chi connectivity index (χ2n) is 4.92. The third kappa shape index (κ3) is 2.96. The molecule has 2 aromatic carbocycles. The molecule has 1 aliphatic rings. The molecule has 1 heterocycles. The molecule has 3 rings (SSSR count). The van der Waals surface area contributed by atoms with Crippen LogP contribution in [0.25, 0.3) is 0 Å². The van der Waals surface area contributed by atoms with E-state index in [9.17, 15) is 14.0 Å². The summed E-state index contributed by atoms with van der Waals surface area (Å²) in [6, 6.07) is 10.7. The van der Waals surface area contributed by atoms with Crippen LogP contribution < -0.4 is 10.6 Å². The van der Waals surface area contributed by atoms with Crippen molar-refractivity contribution in [3.05, 3.63) is 53.8 Å². The molecule has 1 unspecified atom stereocenters. The maximum Gasteiger partial charge on any atom is 0.255 e. The summed E-state index contributed by atoms with van der Waals surface area (Å²) in [5.74, 6) is -0.749. The molecule has 0 aromatic heterocycles. The zero-order chi connectivity index (χ0) is 15.7. The Balaban J connectivity index is 1.80. The van der Waals surface area contributed by atoms with Gasteiger partial charge in [-0.3, -0.25) is 9.59 Å². The van der Waals surface area contributed by atoms with E-state index < -0.39 is 0 Å². The van der Waals surface area contributed by atoms with Gasteiger partial charge in [0.1, 0.15) is 5.82 Å². The Hall–Kier alpha value is -2.34. The van der Waals surface area contributed by atoms with E-state index in [1.807, 2.05) is 13.0 Å². The summed E-state index contributed by atoms with van der Waals surface area (Å²) >= 11 is 1.46. The van der Waals surface area contributed by atoms with Crippen LogP contribution in [0.2, 0.25) is 0 Å². The molecule has 0 bridgehead atoms. The van der Waals surface area contributed by atoms with E-state index in [2.05, 4.69) is 10.6 Å². The van der Waals surface area contributed by atoms with Crippen LogP contribution in [0.15, 0.2) is 47.4 Å². The minimum Gasteiger partial charge on any atom is -0.324 e. The van der Waals surface area contributed by atoms with E-state index in [0.717, 1.165) is 4.90 Å². The van der Waals surface area contributed by atoms with Crippen molar-refractivity contribution < 1.29 is 14.0 Å². The van der Waals surface area contributed by atoms with Gasteiger partial charge in [0.2, 0.25) is 5.91 Å². The highest BCUT2D eigenvalue weighted by molar-refractivity contribution is 8.00. The number of anilines is 2. The summed E-state index contributed by atoms with van der Waals surface area (Å²) in [5, 5.41) is 5.33. The predicted octanol–water partition coefficient (Wildman–Crippen LogP) is 3.51. The van der Waals surface area contributed by atoms with Gasteiger partial charge in [0.05, 0.1) is 10.9 Å². The van der Waals surface area contributed by atoms with Crippen molar-refractivity contribution in [1.82, 2.24) is 0 Å². The molecule has 0 aliphatic carbocycles. The number of amides is 2. The van der Waals surface area contributed by atoms with Crippen LogP contribution in [0.1, 0.15) is 17.3 Å². The first-order valence-corrected chi connectivity index (χ1v) is 7.59. The Labute approximate surface area is 131 Å². The van der Waals surface area contributed by atoms with Crippen LogP contribution in [0.4, 0.5) is 15.8 Å². The second kappa shape index (κ2) is 5.81. The molecular formula is C16H13FN2O2S. The number of carbonyl (C=O) groups is 2. The fourth-order valence-electron chi connectivity index (χ4n) is 2.09. The Morgan fingerprint density at radius 2 is 1.95 bits per heavy atom. The number of hydrogen-bond donors (Lipinski definition) is 2. The SMILES string of the molecule is CC1Sc2ccc(C(=O)Nc3ccc(F)cc3)cc2NC1=O. The maximum atomic E-state index is 12.8. The van der Waals surface area contributed by atoms with Crippen molar-refractivity contribution in [2.24, 2.45) is 0 Å². The molecule has 0 fully saturated rings. The normalized spacial score (nSPS) is 16.6. The van der Waals surface area contributed by atoms with Gasteiger partial charge in [0.25, 0.3) is 5.91 Å². The molecule has 0 spiro atoms. The van der Waals surface area contributed by atoms with E-state index in [-0.39, 0.29) is 22.9 Å². The minimum atomic E-state index is -0.361. The van der Waals surface area contributed by atoms with E-state index in [0.29, 0.717) is 16.9 Å². The van der Waals surface area contributed by atoms with E-state index >= 15 is 0 Å². The lowest BCUT2D eigenvalue weighted by Crippen LogP contribution is -2.26. The summed E-state index contributed by atoms with van der Waals surface area (Å²) in [7, 11) is 0. The summed E-state index contributed by atoms with van der Waals surface area (Å²) in [4.78, 5) is 24.8. The topological polar surface area (TPSA) is 58.2 Å². The predicted molar refractivity (Wildman–Crippen MR) is 84.7 cm³/mol. The van der Waals surface area contributed by atoms with Crippen molar-refractivity contribution in [3.8, 4) is 0 Å². The largest absolute Gasteiger partial charge is 0.324 e. The summed E-state index contributed by atoms with van der Waals surface area (Å²) in [5.41, 5.74) is 1.58. The molecule has 0 saturated heterocycles. The highest BCUT2D eigenvalue weighted by atomic mass is 32.2. The average Bonchev–Trinajstić information content (AvgIpc) is 2.50. The number of carbonyl (C=O) groups excluding carboxylic acids is 2. The van der Waals surface area contributed by atoms with Gasteiger partial charge in [-0.05, 0) is 49.4 Å². The van der Waals surface area contributed by atoms with Crippen molar-refractivity contribution in [1.29, 1.82) is 0 Å². The van der Waals surface area contributed by atoms with E-state index in [4.69, 9.17) is 0 Å². The quantitative estimate of drug-likeness (QED) is 0.891. The molecule has 2 amide bonds. The van der Waals surface area contributed by atoms with Gasteiger partial charge >= 0.3 is 0 Å². The monoisotopic (exact) mass is 316 g/mol. The minimum absolute atomic E-state index is 0.0754. The lowest BCUT2D eigenvalue weighted by molar-refractivity contribution is -0.115. The number of fused-ring (bicyclic) bond motifs is 1. The van der Waals surface area contributed by atoms with E-state index in [1.165, 1.54) is 36.0 Å². The Bertz CT molecular complexity index is 746. The fraction of sp³-hybridized carbons (Fsp3) is 0.125. The standard InChI is InChI=1S/C16H13FN2O2S/c1-9-15(20)19-13-8-10(2-7-14(13)22-9)16(21)18-12-5-3-11(17)4-6-12/h2-9H,1H3,(H,18,21)(H,19,20). The molecule has 2 N–H and O–H groups in total. The molecule has 22 heavy (non-hydrogen) atoms. The Morgan fingerprint density at radius 1 is 1.23 bits per heavy atom. The van der Waals surface area contributed by atoms with Crippen molar-refractivity contribution in [2.45, 2.75) is 17.1 Å². The molecule has 0 radical (unpaired) electrons. The number of halogens is 1. The lowest BCUT2D eigenvalue weighted by atomic mass is 10.1. The Kier molecular flexibility index (Phi) is 3.85. The number of nitrogens with one attached hydrogen (secondary N) is 2. The summed E-state index contributed by atoms with van der Waals surface area (Å²) in [6.45, 7) is 1.83. The van der Waals surface area contributed by atoms with Gasteiger partial charge in [-0.2, -0.15) is 0 Å². The number of benzene rings is 2. The third-order valence-electron chi connectivity index (χ3n) is 3.27. The second-order valence-corrected chi connectivity index (χ2v) is 6.30. The van der Waals surface area contributed by atoms with Gasteiger partial charge in [-0.15, -0.1) is 11.8 Å². The van der Waals surface area contributed by atoms with Crippen LogP contribution in [0.5, 0.6) is 0 Å². The first-order chi connectivity index (χ1) is 10.5. The van der Waals surface area contributed by atoms with Gasteiger partial charge in [0.15, 0.2) is 0 Å². The van der Waals surface area contributed by atoms with Crippen LogP contribution in [0.3, 0.4) is 0 Å². The van der Waals surface area contributed by atoms with Crippen LogP contribution in [-0.2, 0) is 4.79 Å². The molecule has 6 heteroatoms. The zero-order valence-electron chi connectivity index (χ0n) is 11.7. The molecule has 0 saturated carbocycles. The van der Waals surface area contributed by atoms with Crippen molar-refractivity contribution in [3.63, 3.8) is 0 Å². The number of rotatable bonds is 2.